The summed E-state index contributed by atoms with van der Waals surface area (Å²) in [6.07, 6.45) is 8.40. The first-order valence-electron chi connectivity index (χ1n) is 13.5. The zero-order valence-corrected chi connectivity index (χ0v) is 24.8. The minimum Gasteiger partial charge on any atom is -0.497 e. The Hall–Kier alpha value is -3.93. The Morgan fingerprint density at radius 3 is 1.95 bits per heavy atom. The standard InChI is InChI=1S/C17H18BClO2.C17H15ClN2/c1-20-16-10-5-3-8-14(16)18(12-7-13-19)15-9-4-6-11-17(15)21-2;18-16-8-4-5-9-17(16)20-13-19-12-15(20)11-10-14-6-2-1-3-7-14/h3-11,13H,12H2,1-2H3;1-9,12-13H,10-11H2. The van der Waals surface area contributed by atoms with Crippen molar-refractivity contribution in [2.45, 2.75) is 19.2 Å². The molecule has 0 N–H and O–H groups in total. The van der Waals surface area contributed by atoms with Crippen LogP contribution in [0.2, 0.25) is 11.3 Å². The van der Waals surface area contributed by atoms with Gasteiger partial charge in [0.05, 0.1) is 31.3 Å². The summed E-state index contributed by atoms with van der Waals surface area (Å²) in [6.45, 7) is 0.132. The van der Waals surface area contributed by atoms with Crippen molar-refractivity contribution in [1.82, 2.24) is 9.55 Å². The number of para-hydroxylation sites is 3. The van der Waals surface area contributed by atoms with Crippen molar-refractivity contribution in [3.05, 3.63) is 144 Å². The van der Waals surface area contributed by atoms with E-state index in [1.54, 1.807) is 19.8 Å². The van der Waals surface area contributed by atoms with Crippen molar-refractivity contribution in [3.8, 4) is 17.2 Å². The van der Waals surface area contributed by atoms with Crippen molar-refractivity contribution >= 4 is 40.8 Å². The van der Waals surface area contributed by atoms with Gasteiger partial charge in [-0.25, -0.2) is 4.98 Å². The molecule has 0 aliphatic rings. The van der Waals surface area contributed by atoms with E-state index in [1.807, 2.05) is 85.3 Å². The molecular formula is C34H33BCl2N2O2. The third-order valence-corrected chi connectivity index (χ3v) is 7.33. The second-order valence-corrected chi connectivity index (χ2v) is 9.99. The Balaban J connectivity index is 0.000000189. The molecule has 0 radical (unpaired) electrons. The van der Waals surface area contributed by atoms with Gasteiger partial charge in [-0.2, -0.15) is 0 Å². The first kappa shape index (κ1) is 30.0. The maximum Gasteiger partial charge on any atom is 0.222 e. The third kappa shape index (κ3) is 8.06. The van der Waals surface area contributed by atoms with Crippen molar-refractivity contribution in [2.24, 2.45) is 0 Å². The zero-order valence-electron chi connectivity index (χ0n) is 23.3. The van der Waals surface area contributed by atoms with Crippen molar-refractivity contribution in [1.29, 1.82) is 0 Å². The predicted molar refractivity (Wildman–Crippen MR) is 173 cm³/mol. The molecule has 208 valence electrons. The third-order valence-electron chi connectivity index (χ3n) is 6.83. The van der Waals surface area contributed by atoms with Crippen LogP contribution in [0.4, 0.5) is 0 Å². The number of aromatic nitrogens is 2. The van der Waals surface area contributed by atoms with Crippen LogP contribution < -0.4 is 20.4 Å². The molecule has 5 aromatic rings. The molecule has 4 nitrogen and oxygen atoms in total. The maximum atomic E-state index is 6.26. The van der Waals surface area contributed by atoms with Gasteiger partial charge in [0.25, 0.3) is 0 Å². The topological polar surface area (TPSA) is 36.3 Å². The highest BCUT2D eigenvalue weighted by atomic mass is 35.5. The number of nitrogens with zero attached hydrogens (tertiary/aromatic N) is 2. The SMILES string of the molecule is COc1ccccc1B(CC=CCl)c1ccccc1OC.Clc1ccccc1-n1cncc1CCc1ccccc1. The lowest BCUT2D eigenvalue weighted by Gasteiger charge is -2.18. The molecule has 4 aromatic carbocycles. The lowest BCUT2D eigenvalue weighted by Crippen LogP contribution is -2.42. The van der Waals surface area contributed by atoms with E-state index >= 15 is 0 Å². The smallest absolute Gasteiger partial charge is 0.222 e. The first-order chi connectivity index (χ1) is 20.2. The van der Waals surface area contributed by atoms with Crippen molar-refractivity contribution < 1.29 is 9.47 Å². The molecule has 0 unspecified atom stereocenters. The minimum atomic E-state index is 0.132. The summed E-state index contributed by atoms with van der Waals surface area (Å²) in [4.78, 5) is 4.26. The van der Waals surface area contributed by atoms with E-state index in [4.69, 9.17) is 32.7 Å². The highest BCUT2D eigenvalue weighted by Gasteiger charge is 2.24. The van der Waals surface area contributed by atoms with Gasteiger partial charge in [0.15, 0.2) is 0 Å². The second-order valence-electron chi connectivity index (χ2n) is 9.33. The lowest BCUT2D eigenvalue weighted by atomic mass is 9.38. The van der Waals surface area contributed by atoms with Crippen LogP contribution in [0.1, 0.15) is 11.3 Å². The van der Waals surface area contributed by atoms with Gasteiger partial charge < -0.3 is 14.0 Å². The Labute approximate surface area is 253 Å². The van der Waals surface area contributed by atoms with Crippen LogP contribution in [-0.2, 0) is 12.8 Å². The summed E-state index contributed by atoms with van der Waals surface area (Å²) in [5, 5.41) is 0.742. The zero-order chi connectivity index (χ0) is 28.9. The summed E-state index contributed by atoms with van der Waals surface area (Å²) in [5.41, 5.74) is 7.28. The monoisotopic (exact) mass is 582 g/mol. The summed E-state index contributed by atoms with van der Waals surface area (Å²) in [7, 11) is 3.38. The van der Waals surface area contributed by atoms with Gasteiger partial charge in [-0.3, -0.25) is 0 Å². The molecule has 5 rings (SSSR count). The molecule has 1 aromatic heterocycles. The molecule has 0 bridgehead atoms. The van der Waals surface area contributed by atoms with Gasteiger partial charge in [0.1, 0.15) is 11.5 Å². The van der Waals surface area contributed by atoms with Crippen molar-refractivity contribution in [2.75, 3.05) is 14.2 Å². The van der Waals surface area contributed by atoms with Gasteiger partial charge >= 0.3 is 0 Å². The van der Waals surface area contributed by atoms with Gasteiger partial charge in [-0.15, -0.1) is 0 Å². The summed E-state index contributed by atoms with van der Waals surface area (Å²) in [5.74, 6) is 1.74. The Morgan fingerprint density at radius 1 is 0.756 bits per heavy atom. The number of rotatable bonds is 10. The predicted octanol–water partition coefficient (Wildman–Crippen LogP) is 7.38. The second kappa shape index (κ2) is 15.8. The molecule has 0 saturated heterocycles. The van der Waals surface area contributed by atoms with Gasteiger partial charge in [-0.1, -0.05) is 108 Å². The first-order valence-corrected chi connectivity index (χ1v) is 14.3. The molecule has 0 aliphatic carbocycles. The molecule has 0 amide bonds. The van der Waals surface area contributed by atoms with E-state index < -0.39 is 0 Å². The number of hydrogen-bond donors (Lipinski definition) is 0. The number of imidazole rings is 1. The Morgan fingerprint density at radius 2 is 1.34 bits per heavy atom. The fraction of sp³-hybridized carbons (Fsp3) is 0.147. The maximum absolute atomic E-state index is 6.26. The van der Waals surface area contributed by atoms with E-state index in [0.29, 0.717) is 0 Å². The van der Waals surface area contributed by atoms with Crippen LogP contribution in [0.5, 0.6) is 11.5 Å². The highest BCUT2D eigenvalue weighted by molar-refractivity contribution is 6.86. The average Bonchev–Trinajstić information content (AvgIpc) is 3.50. The van der Waals surface area contributed by atoms with E-state index in [1.165, 1.54) is 11.3 Å². The molecule has 7 heteroatoms. The van der Waals surface area contributed by atoms with Crippen LogP contribution >= 0.6 is 23.2 Å². The molecular weight excluding hydrogens is 550 g/mol. The minimum absolute atomic E-state index is 0.132. The molecule has 1 heterocycles. The Bertz CT molecular complexity index is 1490. The highest BCUT2D eigenvalue weighted by Crippen LogP contribution is 2.22. The fourth-order valence-corrected chi connectivity index (χ4v) is 5.14. The van der Waals surface area contributed by atoms with E-state index in [0.717, 1.165) is 52.3 Å². The average molecular weight is 583 g/mol. The number of allylic oxidation sites excluding steroid dienone is 1. The van der Waals surface area contributed by atoms with Crippen LogP contribution in [0.25, 0.3) is 5.69 Å². The fourth-order valence-electron chi connectivity index (χ4n) is 4.81. The van der Waals surface area contributed by atoms with Crippen LogP contribution in [0, 0.1) is 0 Å². The summed E-state index contributed by atoms with van der Waals surface area (Å²) >= 11 is 12.0. The number of aryl methyl sites for hydroxylation is 2. The van der Waals surface area contributed by atoms with E-state index in [9.17, 15) is 0 Å². The van der Waals surface area contributed by atoms with Crippen LogP contribution in [0.15, 0.2) is 127 Å². The Kier molecular flexibility index (Phi) is 11.5. The molecule has 0 spiro atoms. The number of benzene rings is 4. The van der Waals surface area contributed by atoms with Gasteiger partial charge in [0, 0.05) is 11.9 Å². The molecule has 0 aliphatic heterocycles. The van der Waals surface area contributed by atoms with Crippen molar-refractivity contribution in [3.63, 3.8) is 0 Å². The number of halogens is 2. The van der Waals surface area contributed by atoms with Crippen LogP contribution in [-0.4, -0.2) is 30.5 Å². The molecule has 41 heavy (non-hydrogen) atoms. The van der Waals surface area contributed by atoms with E-state index in [2.05, 4.69) is 45.9 Å². The lowest BCUT2D eigenvalue weighted by molar-refractivity contribution is 0.417. The van der Waals surface area contributed by atoms with Crippen LogP contribution in [0.3, 0.4) is 0 Å². The largest absolute Gasteiger partial charge is 0.497 e. The molecule has 0 saturated carbocycles. The summed E-state index contributed by atoms with van der Waals surface area (Å²) < 4.78 is 13.1. The van der Waals surface area contributed by atoms with Gasteiger partial charge in [0.2, 0.25) is 6.71 Å². The summed E-state index contributed by atoms with van der Waals surface area (Å²) in [6, 6.07) is 34.4. The molecule has 0 atom stereocenters. The van der Waals surface area contributed by atoms with Gasteiger partial charge in [-0.05, 0) is 65.5 Å². The number of ether oxygens (including phenoxy) is 2. The number of hydrogen-bond acceptors (Lipinski definition) is 3. The number of methoxy groups -OCH3 is 2. The quantitative estimate of drug-likeness (QED) is 0.161. The molecule has 0 fully saturated rings. The normalized spacial score (nSPS) is 10.6. The van der Waals surface area contributed by atoms with E-state index in [-0.39, 0.29) is 6.71 Å².